The predicted molar refractivity (Wildman–Crippen MR) is 103 cm³/mol. The van der Waals surface area contributed by atoms with Crippen LogP contribution >= 0.6 is 0 Å². The summed E-state index contributed by atoms with van der Waals surface area (Å²) in [6, 6.07) is 12.4. The van der Waals surface area contributed by atoms with Crippen LogP contribution in [-0.4, -0.2) is 31.4 Å². The van der Waals surface area contributed by atoms with Crippen LogP contribution in [0.1, 0.15) is 19.4 Å². The molecule has 8 heteroatoms. The molecule has 0 aromatic heterocycles. The molecular formula is C20H22FN3O4. The predicted octanol–water partition coefficient (Wildman–Crippen LogP) is 2.40. The zero-order chi connectivity index (χ0) is 20.7. The van der Waals surface area contributed by atoms with Crippen LogP contribution in [0.15, 0.2) is 48.5 Å². The maximum Gasteiger partial charge on any atom is 0.313 e. The number of ether oxygens (including phenoxy) is 1. The lowest BCUT2D eigenvalue weighted by Gasteiger charge is -2.29. The van der Waals surface area contributed by atoms with Gasteiger partial charge in [-0.2, -0.15) is 0 Å². The number of methoxy groups -OCH3 is 1. The van der Waals surface area contributed by atoms with E-state index in [1.165, 1.54) is 26.2 Å². The average molecular weight is 387 g/mol. The number of benzene rings is 2. The molecule has 0 aliphatic heterocycles. The third kappa shape index (κ3) is 5.37. The number of carbonyl (C=O) groups is 3. The van der Waals surface area contributed by atoms with E-state index < -0.39 is 23.2 Å². The van der Waals surface area contributed by atoms with Gasteiger partial charge in [-0.25, -0.2) is 4.39 Å². The summed E-state index contributed by atoms with van der Waals surface area (Å²) in [5, 5.41) is 7.48. The maximum atomic E-state index is 14.1. The van der Waals surface area contributed by atoms with E-state index in [0.29, 0.717) is 11.4 Å². The second-order valence-electron chi connectivity index (χ2n) is 6.31. The van der Waals surface area contributed by atoms with Crippen molar-refractivity contribution in [2.24, 2.45) is 0 Å². The van der Waals surface area contributed by atoms with Crippen LogP contribution in [0.2, 0.25) is 0 Å². The molecule has 0 spiro atoms. The molecule has 3 amide bonds. The molecule has 148 valence electrons. The van der Waals surface area contributed by atoms with Gasteiger partial charge < -0.3 is 20.7 Å². The van der Waals surface area contributed by atoms with Crippen LogP contribution in [0.4, 0.5) is 15.8 Å². The van der Waals surface area contributed by atoms with Gasteiger partial charge in [0, 0.05) is 31.0 Å². The van der Waals surface area contributed by atoms with Crippen molar-refractivity contribution < 1.29 is 23.5 Å². The van der Waals surface area contributed by atoms with E-state index in [0.717, 1.165) is 0 Å². The Morgan fingerprint density at radius 3 is 2.25 bits per heavy atom. The van der Waals surface area contributed by atoms with Crippen molar-refractivity contribution in [1.82, 2.24) is 5.32 Å². The Kier molecular flexibility index (Phi) is 6.84. The van der Waals surface area contributed by atoms with Crippen molar-refractivity contribution in [1.29, 1.82) is 0 Å². The summed E-state index contributed by atoms with van der Waals surface area (Å²) in [4.78, 5) is 35.4. The fraction of sp³-hybridized carbons (Fsp3) is 0.250. The molecular weight excluding hydrogens is 365 g/mol. The smallest absolute Gasteiger partial charge is 0.313 e. The number of halogens is 1. The van der Waals surface area contributed by atoms with Crippen molar-refractivity contribution in [3.05, 3.63) is 59.9 Å². The van der Waals surface area contributed by atoms with Crippen LogP contribution in [0.5, 0.6) is 0 Å². The molecule has 1 atom stereocenters. The zero-order valence-corrected chi connectivity index (χ0v) is 15.8. The van der Waals surface area contributed by atoms with Gasteiger partial charge in [0.15, 0.2) is 0 Å². The molecule has 0 bridgehead atoms. The number of rotatable bonds is 6. The van der Waals surface area contributed by atoms with Crippen LogP contribution < -0.4 is 16.0 Å². The highest BCUT2D eigenvalue weighted by Crippen LogP contribution is 2.26. The fourth-order valence-electron chi connectivity index (χ4n) is 2.56. The highest BCUT2D eigenvalue weighted by molar-refractivity contribution is 6.39. The summed E-state index contributed by atoms with van der Waals surface area (Å²) in [6.07, 6.45) is 0. The molecule has 0 aliphatic carbocycles. The molecule has 0 fully saturated rings. The SMILES string of the molecule is COC(C)(CNC(=O)C(=O)Nc1cccc(NC(C)=O)c1)c1ccccc1F. The number of hydrogen-bond acceptors (Lipinski definition) is 4. The normalized spacial score (nSPS) is 12.6. The molecule has 0 saturated carbocycles. The van der Waals surface area contributed by atoms with Gasteiger partial charge in [0.2, 0.25) is 5.91 Å². The summed E-state index contributed by atoms with van der Waals surface area (Å²) in [7, 11) is 1.40. The van der Waals surface area contributed by atoms with Gasteiger partial charge in [-0.3, -0.25) is 14.4 Å². The van der Waals surface area contributed by atoms with E-state index in [2.05, 4.69) is 16.0 Å². The molecule has 28 heavy (non-hydrogen) atoms. The van der Waals surface area contributed by atoms with Crippen molar-refractivity contribution in [2.45, 2.75) is 19.4 Å². The molecule has 2 rings (SSSR count). The third-order valence-electron chi connectivity index (χ3n) is 4.13. The minimum Gasteiger partial charge on any atom is -0.372 e. The number of anilines is 2. The molecule has 0 saturated heterocycles. The van der Waals surface area contributed by atoms with Gasteiger partial charge >= 0.3 is 11.8 Å². The molecule has 0 radical (unpaired) electrons. The summed E-state index contributed by atoms with van der Waals surface area (Å²) < 4.78 is 19.4. The monoisotopic (exact) mass is 387 g/mol. The first-order chi connectivity index (χ1) is 13.2. The van der Waals surface area contributed by atoms with E-state index >= 15 is 0 Å². The summed E-state index contributed by atoms with van der Waals surface area (Å²) in [5.74, 6) is -2.52. The first kappa shape index (κ1) is 21.0. The van der Waals surface area contributed by atoms with Gasteiger partial charge in [-0.15, -0.1) is 0 Å². The standard InChI is InChI=1S/C20H22FN3O4/c1-13(25)23-14-7-6-8-15(11-14)24-19(27)18(26)22-12-20(2,28-3)16-9-4-5-10-17(16)21/h4-11H,12H2,1-3H3,(H,22,26)(H,23,25)(H,24,27). The van der Waals surface area contributed by atoms with E-state index in [-0.39, 0.29) is 18.0 Å². The number of hydrogen-bond donors (Lipinski definition) is 3. The summed E-state index contributed by atoms with van der Waals surface area (Å²) >= 11 is 0. The van der Waals surface area contributed by atoms with Gasteiger partial charge in [-0.05, 0) is 31.2 Å². The third-order valence-corrected chi connectivity index (χ3v) is 4.13. The van der Waals surface area contributed by atoms with Crippen molar-refractivity contribution in [3.8, 4) is 0 Å². The Balaban J connectivity index is 2.01. The Labute approximate surface area is 162 Å². The number of amides is 3. The summed E-state index contributed by atoms with van der Waals surface area (Å²) in [5.41, 5.74) is -0.0551. The van der Waals surface area contributed by atoms with E-state index in [4.69, 9.17) is 4.74 Å². The molecule has 2 aromatic rings. The molecule has 1 unspecified atom stereocenters. The molecule has 3 N–H and O–H groups in total. The van der Waals surface area contributed by atoms with E-state index in [9.17, 15) is 18.8 Å². The maximum absolute atomic E-state index is 14.1. The Morgan fingerprint density at radius 1 is 1.00 bits per heavy atom. The highest BCUT2D eigenvalue weighted by Gasteiger charge is 2.30. The lowest BCUT2D eigenvalue weighted by molar-refractivity contribution is -0.137. The molecule has 7 nitrogen and oxygen atoms in total. The number of nitrogens with one attached hydrogen (secondary N) is 3. The first-order valence-corrected chi connectivity index (χ1v) is 8.52. The fourth-order valence-corrected chi connectivity index (χ4v) is 2.56. The van der Waals surface area contributed by atoms with Crippen molar-refractivity contribution in [3.63, 3.8) is 0 Å². The largest absolute Gasteiger partial charge is 0.372 e. The highest BCUT2D eigenvalue weighted by atomic mass is 19.1. The Morgan fingerprint density at radius 2 is 1.64 bits per heavy atom. The Bertz CT molecular complexity index is 887. The van der Waals surface area contributed by atoms with Gasteiger partial charge in [0.25, 0.3) is 0 Å². The first-order valence-electron chi connectivity index (χ1n) is 8.52. The summed E-state index contributed by atoms with van der Waals surface area (Å²) in [6.45, 7) is 2.87. The second kappa shape index (κ2) is 9.09. The van der Waals surface area contributed by atoms with Crippen LogP contribution in [0.25, 0.3) is 0 Å². The van der Waals surface area contributed by atoms with Crippen LogP contribution in [0.3, 0.4) is 0 Å². The van der Waals surface area contributed by atoms with Gasteiger partial charge in [-0.1, -0.05) is 24.3 Å². The quantitative estimate of drug-likeness (QED) is 0.663. The van der Waals surface area contributed by atoms with Gasteiger partial charge in [0.1, 0.15) is 11.4 Å². The lowest BCUT2D eigenvalue weighted by atomic mass is 9.95. The van der Waals surface area contributed by atoms with E-state index in [1.807, 2.05) is 0 Å². The van der Waals surface area contributed by atoms with Gasteiger partial charge in [0.05, 0.1) is 6.54 Å². The average Bonchev–Trinajstić information content (AvgIpc) is 2.66. The Hall–Kier alpha value is -3.26. The number of carbonyl (C=O) groups excluding carboxylic acids is 3. The molecule has 0 heterocycles. The van der Waals surface area contributed by atoms with Crippen LogP contribution in [-0.2, 0) is 24.7 Å². The lowest BCUT2D eigenvalue weighted by Crippen LogP contribution is -2.44. The van der Waals surface area contributed by atoms with E-state index in [1.54, 1.807) is 43.3 Å². The minimum atomic E-state index is -1.15. The van der Waals surface area contributed by atoms with Crippen molar-refractivity contribution >= 4 is 29.1 Å². The zero-order valence-electron chi connectivity index (χ0n) is 15.8. The topological polar surface area (TPSA) is 96.5 Å². The van der Waals surface area contributed by atoms with Crippen LogP contribution in [0, 0.1) is 5.82 Å². The van der Waals surface area contributed by atoms with Crippen molar-refractivity contribution in [2.75, 3.05) is 24.3 Å². The molecule has 2 aromatic carbocycles. The molecule has 0 aliphatic rings. The second-order valence-corrected chi connectivity index (χ2v) is 6.31. The minimum absolute atomic E-state index is 0.109.